The fourth-order valence-corrected chi connectivity index (χ4v) is 2.50. The molecule has 23 heavy (non-hydrogen) atoms. The molecule has 1 aromatic rings. The van der Waals surface area contributed by atoms with Crippen LogP contribution in [-0.4, -0.2) is 17.9 Å². The lowest BCUT2D eigenvalue weighted by atomic mass is 9.99. The zero-order valence-electron chi connectivity index (χ0n) is 14.0. The topological polar surface area (TPSA) is 63.0 Å². The molecule has 0 saturated heterocycles. The van der Waals surface area contributed by atoms with Gasteiger partial charge in [0, 0.05) is 18.8 Å². The molecule has 4 nitrogen and oxygen atoms in total. The van der Waals surface area contributed by atoms with E-state index in [1.165, 1.54) is 5.56 Å². The molecule has 0 aliphatic carbocycles. The van der Waals surface area contributed by atoms with Crippen LogP contribution in [0.3, 0.4) is 0 Å². The molecule has 0 N–H and O–H groups in total. The minimum Gasteiger partial charge on any atom is -0.491 e. The van der Waals surface area contributed by atoms with Crippen LogP contribution in [0.4, 0.5) is 0 Å². The van der Waals surface area contributed by atoms with Gasteiger partial charge in [-0.1, -0.05) is 6.07 Å². The van der Waals surface area contributed by atoms with Crippen molar-refractivity contribution in [3.05, 3.63) is 41.4 Å². The molecule has 0 unspecified atom stereocenters. The molecule has 0 radical (unpaired) electrons. The Hall–Kier alpha value is -2.15. The molecule has 0 amide bonds. The van der Waals surface area contributed by atoms with E-state index in [1.54, 1.807) is 6.20 Å². The number of nitrogens with zero attached hydrogens (tertiary/aromatic N) is 2. The molecular weight excluding hydrogens is 288 g/mol. The Morgan fingerprint density at radius 3 is 2.70 bits per heavy atom. The number of carbonyl (C=O) groups is 1. The predicted octanol–water partition coefficient (Wildman–Crippen LogP) is 4.37. The highest BCUT2D eigenvalue weighted by molar-refractivity contribution is 5.71. The molecule has 1 aromatic heterocycles. The van der Waals surface area contributed by atoms with Gasteiger partial charge in [-0.25, -0.2) is 0 Å². The number of hydrogen-bond acceptors (Lipinski definition) is 4. The van der Waals surface area contributed by atoms with E-state index < -0.39 is 0 Å². The van der Waals surface area contributed by atoms with Gasteiger partial charge in [0.25, 0.3) is 0 Å². The van der Waals surface area contributed by atoms with Crippen LogP contribution in [0.2, 0.25) is 0 Å². The van der Waals surface area contributed by atoms with Gasteiger partial charge >= 0.3 is 0 Å². The van der Waals surface area contributed by atoms with Gasteiger partial charge in [-0.2, -0.15) is 5.26 Å². The molecule has 4 heteroatoms. The van der Waals surface area contributed by atoms with Crippen LogP contribution in [0.5, 0.6) is 0 Å². The molecule has 1 rings (SSSR count). The highest BCUT2D eigenvalue weighted by Crippen LogP contribution is 2.20. The van der Waals surface area contributed by atoms with Crippen molar-refractivity contribution in [1.29, 1.82) is 5.26 Å². The van der Waals surface area contributed by atoms with E-state index in [0.29, 0.717) is 18.8 Å². The number of unbranched alkanes of at least 4 members (excludes halogenated alkanes) is 3. The number of carbonyl (C=O) groups excluding carboxylic acids is 1. The minimum atomic E-state index is 0.492. The third-order valence-corrected chi connectivity index (χ3v) is 3.69. The summed E-state index contributed by atoms with van der Waals surface area (Å²) in [5.41, 5.74) is 2.33. The summed E-state index contributed by atoms with van der Waals surface area (Å²) in [6.45, 7) is 2.39. The lowest BCUT2D eigenvalue weighted by molar-refractivity contribution is -0.107. The fraction of sp³-hybridized carbons (Fsp3) is 0.526. The molecule has 124 valence electrons. The second-order valence-corrected chi connectivity index (χ2v) is 5.45. The molecule has 0 saturated carbocycles. The first kappa shape index (κ1) is 18.9. The van der Waals surface area contributed by atoms with E-state index in [-0.39, 0.29) is 0 Å². The van der Waals surface area contributed by atoms with Crippen molar-refractivity contribution in [3.8, 4) is 6.07 Å². The Labute approximate surface area is 139 Å². The van der Waals surface area contributed by atoms with Crippen molar-refractivity contribution in [3.63, 3.8) is 0 Å². The first-order valence-corrected chi connectivity index (χ1v) is 8.37. The monoisotopic (exact) mass is 314 g/mol. The lowest BCUT2D eigenvalue weighted by Gasteiger charge is -2.12. The Morgan fingerprint density at radius 2 is 2.09 bits per heavy atom. The molecule has 0 fully saturated rings. The van der Waals surface area contributed by atoms with Crippen molar-refractivity contribution in [2.45, 2.75) is 58.3 Å². The molecule has 0 aromatic carbocycles. The molecule has 1 heterocycles. The van der Waals surface area contributed by atoms with Crippen molar-refractivity contribution < 1.29 is 9.53 Å². The molecule has 0 spiro atoms. The van der Waals surface area contributed by atoms with Gasteiger partial charge < -0.3 is 4.74 Å². The summed E-state index contributed by atoms with van der Waals surface area (Å²) in [7, 11) is 0. The maximum Gasteiger partial charge on any atom is 0.184 e. The van der Waals surface area contributed by atoms with Crippen LogP contribution in [0, 0.1) is 11.3 Å². The van der Waals surface area contributed by atoms with E-state index in [2.05, 4.69) is 17.1 Å². The van der Waals surface area contributed by atoms with Crippen LogP contribution in [0.15, 0.2) is 35.9 Å². The van der Waals surface area contributed by atoms with Gasteiger partial charge in [0.1, 0.15) is 0 Å². The predicted molar refractivity (Wildman–Crippen MR) is 90.6 cm³/mol. The Balaban J connectivity index is 2.48. The summed E-state index contributed by atoms with van der Waals surface area (Å²) in [5.74, 6) is 0.492. The Morgan fingerprint density at radius 1 is 1.30 bits per heavy atom. The minimum absolute atomic E-state index is 0.492. The summed E-state index contributed by atoms with van der Waals surface area (Å²) in [6, 6.07) is 6.20. The summed E-state index contributed by atoms with van der Waals surface area (Å²) in [6.07, 6.45) is 11.7. The fourth-order valence-electron chi connectivity index (χ4n) is 2.50. The number of rotatable bonds is 12. The van der Waals surface area contributed by atoms with Gasteiger partial charge in [0.15, 0.2) is 12.0 Å². The van der Waals surface area contributed by atoms with Crippen molar-refractivity contribution in [2.75, 3.05) is 6.61 Å². The van der Waals surface area contributed by atoms with Crippen molar-refractivity contribution in [1.82, 2.24) is 4.98 Å². The molecule has 0 atom stereocenters. The molecule has 0 aliphatic heterocycles. The number of aromatic nitrogens is 1. The first-order valence-electron chi connectivity index (χ1n) is 8.37. The second-order valence-electron chi connectivity index (χ2n) is 5.45. The standard InChI is InChI=1S/C19H26N2O2/c1-2-23-19(16-22)18(11-4-3-7-13-20)12-6-5-9-17-10-8-14-21-15-17/h8,10,14-16H,2-7,9,11-12H2,1H3. The number of ether oxygens (including phenoxy) is 1. The lowest BCUT2D eigenvalue weighted by Crippen LogP contribution is -2.00. The van der Waals surface area contributed by atoms with E-state index in [4.69, 9.17) is 10.00 Å². The summed E-state index contributed by atoms with van der Waals surface area (Å²) in [5, 5.41) is 8.60. The van der Waals surface area contributed by atoms with Gasteiger partial charge in [-0.05, 0) is 69.1 Å². The third-order valence-electron chi connectivity index (χ3n) is 3.69. The van der Waals surface area contributed by atoms with Crippen LogP contribution in [0.25, 0.3) is 0 Å². The van der Waals surface area contributed by atoms with Gasteiger partial charge in [-0.15, -0.1) is 0 Å². The molecule has 0 bridgehead atoms. The first-order chi connectivity index (χ1) is 11.3. The maximum absolute atomic E-state index is 11.2. The summed E-state index contributed by atoms with van der Waals surface area (Å²) in [4.78, 5) is 15.4. The molecule has 0 aliphatic rings. The number of hydrogen-bond donors (Lipinski definition) is 0. The summed E-state index contributed by atoms with van der Waals surface area (Å²) >= 11 is 0. The Kier molecular flexibility index (Phi) is 10.2. The highest BCUT2D eigenvalue weighted by Gasteiger charge is 2.08. The summed E-state index contributed by atoms with van der Waals surface area (Å²) < 4.78 is 5.46. The average molecular weight is 314 g/mol. The van der Waals surface area contributed by atoms with Crippen molar-refractivity contribution in [2.24, 2.45) is 0 Å². The largest absolute Gasteiger partial charge is 0.491 e. The highest BCUT2D eigenvalue weighted by atomic mass is 16.5. The quantitative estimate of drug-likeness (QED) is 0.249. The number of aryl methyl sites for hydroxylation is 1. The maximum atomic E-state index is 11.2. The third kappa shape index (κ3) is 8.15. The van der Waals surface area contributed by atoms with Crippen molar-refractivity contribution >= 4 is 6.29 Å². The smallest absolute Gasteiger partial charge is 0.184 e. The van der Waals surface area contributed by atoms with Gasteiger partial charge in [0.2, 0.25) is 0 Å². The van der Waals surface area contributed by atoms with Gasteiger partial charge in [0.05, 0.1) is 12.7 Å². The number of pyridine rings is 1. The van der Waals surface area contributed by atoms with E-state index in [1.807, 2.05) is 19.2 Å². The van der Waals surface area contributed by atoms with Crippen LogP contribution in [0.1, 0.15) is 57.4 Å². The van der Waals surface area contributed by atoms with Crippen LogP contribution < -0.4 is 0 Å². The molecular formula is C19H26N2O2. The second kappa shape index (κ2) is 12.4. The zero-order chi connectivity index (χ0) is 16.8. The van der Waals surface area contributed by atoms with Crippen LogP contribution >= 0.6 is 0 Å². The van der Waals surface area contributed by atoms with E-state index in [9.17, 15) is 4.79 Å². The van der Waals surface area contributed by atoms with E-state index in [0.717, 1.165) is 56.8 Å². The average Bonchev–Trinajstić information content (AvgIpc) is 2.59. The Bertz CT molecular complexity index is 518. The number of nitriles is 1. The normalized spacial score (nSPS) is 11.5. The number of aldehydes is 1. The van der Waals surface area contributed by atoms with Gasteiger partial charge in [-0.3, -0.25) is 9.78 Å². The van der Waals surface area contributed by atoms with E-state index >= 15 is 0 Å². The zero-order valence-corrected chi connectivity index (χ0v) is 14.0. The SMILES string of the molecule is CCOC(C=O)=C(CCCCC#N)CCCCc1cccnc1. The van der Waals surface area contributed by atoms with Crippen LogP contribution in [-0.2, 0) is 16.0 Å². The number of allylic oxidation sites excluding steroid dienone is 2.